The zero-order valence-electron chi connectivity index (χ0n) is 16.0. The maximum atomic E-state index is 12.8. The number of benzene rings is 1. The predicted octanol–water partition coefficient (Wildman–Crippen LogP) is 4.24. The van der Waals surface area contributed by atoms with Crippen molar-refractivity contribution in [3.8, 4) is 5.69 Å². The highest BCUT2D eigenvalue weighted by molar-refractivity contribution is 9.10. The molecule has 4 aliphatic carbocycles. The van der Waals surface area contributed by atoms with Crippen LogP contribution in [0.25, 0.3) is 5.69 Å². The van der Waals surface area contributed by atoms with E-state index in [1.807, 2.05) is 42.1 Å². The molecule has 0 aliphatic heterocycles. The van der Waals surface area contributed by atoms with Crippen LogP contribution >= 0.6 is 15.9 Å². The van der Waals surface area contributed by atoms with Crippen LogP contribution in [0, 0.1) is 23.2 Å². The zero-order valence-corrected chi connectivity index (χ0v) is 17.5. The first-order valence-electron chi connectivity index (χ1n) is 10.3. The van der Waals surface area contributed by atoms with Crippen molar-refractivity contribution < 1.29 is 0 Å². The molecule has 5 heteroatoms. The molecule has 4 aliphatic rings. The normalized spacial score (nSPS) is 31.6. The molecule has 4 saturated carbocycles. The molecule has 0 radical (unpaired) electrons. The third-order valence-electron chi connectivity index (χ3n) is 7.28. The van der Waals surface area contributed by atoms with Crippen LogP contribution in [-0.2, 0) is 13.6 Å². The summed E-state index contributed by atoms with van der Waals surface area (Å²) < 4.78 is 4.40. The molecular weight excluding hydrogens is 402 g/mol. The molecule has 0 saturated heterocycles. The minimum atomic E-state index is 0.00954. The summed E-state index contributed by atoms with van der Waals surface area (Å²) in [6.45, 7) is 1.82. The third kappa shape index (κ3) is 3.03. The summed E-state index contributed by atoms with van der Waals surface area (Å²) in [4.78, 5) is 12.8. The second-order valence-corrected chi connectivity index (χ2v) is 10.1. The lowest BCUT2D eigenvalue weighted by molar-refractivity contribution is -0.0515. The van der Waals surface area contributed by atoms with E-state index >= 15 is 0 Å². The maximum Gasteiger partial charge on any atom is 0.286 e. The van der Waals surface area contributed by atoms with Gasteiger partial charge >= 0.3 is 0 Å². The van der Waals surface area contributed by atoms with Crippen LogP contribution in [0.4, 0.5) is 0 Å². The first-order valence-corrected chi connectivity index (χ1v) is 11.1. The Hall–Kier alpha value is -1.33. The second-order valence-electron chi connectivity index (χ2n) is 9.26. The maximum absolute atomic E-state index is 12.8. The van der Waals surface area contributed by atoms with Gasteiger partial charge in [-0.2, -0.15) is 0 Å². The zero-order chi connectivity index (χ0) is 18.6. The summed E-state index contributed by atoms with van der Waals surface area (Å²) in [6.07, 6.45) is 8.70. The number of hydrogen-bond acceptors (Lipinski definition) is 2. The number of para-hydroxylation sites is 1. The minimum absolute atomic E-state index is 0.00954. The molecule has 0 spiro atoms. The van der Waals surface area contributed by atoms with Crippen molar-refractivity contribution in [1.29, 1.82) is 0 Å². The van der Waals surface area contributed by atoms with Crippen LogP contribution in [0.5, 0.6) is 0 Å². The molecule has 4 fully saturated rings. The highest BCUT2D eigenvalue weighted by Crippen LogP contribution is 2.59. The van der Waals surface area contributed by atoms with Gasteiger partial charge in [0.1, 0.15) is 4.47 Å². The SMILES string of the molecule is Cn1c(CNCC23CC4CC(CC(C4)C2)C3)c(Br)c(=O)n1-c1ccccc1. The van der Waals surface area contributed by atoms with E-state index < -0.39 is 0 Å². The molecule has 1 aromatic carbocycles. The van der Waals surface area contributed by atoms with E-state index in [-0.39, 0.29) is 5.56 Å². The van der Waals surface area contributed by atoms with Crippen molar-refractivity contribution in [2.24, 2.45) is 30.2 Å². The monoisotopic (exact) mass is 429 g/mol. The van der Waals surface area contributed by atoms with Crippen LogP contribution < -0.4 is 10.9 Å². The van der Waals surface area contributed by atoms with E-state index in [1.165, 1.54) is 38.5 Å². The van der Waals surface area contributed by atoms with Gasteiger partial charge in [-0.05, 0) is 89.8 Å². The van der Waals surface area contributed by atoms with Crippen LogP contribution in [0.3, 0.4) is 0 Å². The highest BCUT2D eigenvalue weighted by Gasteiger charge is 2.50. The summed E-state index contributed by atoms with van der Waals surface area (Å²) in [7, 11) is 1.97. The smallest absolute Gasteiger partial charge is 0.286 e. The summed E-state index contributed by atoms with van der Waals surface area (Å²) in [5, 5.41) is 3.73. The Labute approximate surface area is 169 Å². The van der Waals surface area contributed by atoms with E-state index in [4.69, 9.17) is 0 Å². The molecular formula is C22H28BrN3O. The van der Waals surface area contributed by atoms with Crippen molar-refractivity contribution >= 4 is 15.9 Å². The number of aromatic nitrogens is 2. The number of nitrogens with one attached hydrogen (secondary N) is 1. The predicted molar refractivity (Wildman–Crippen MR) is 111 cm³/mol. The quantitative estimate of drug-likeness (QED) is 0.771. The Bertz CT molecular complexity index is 863. The standard InChI is InChI=1S/C22H28BrN3O/c1-25-19(20(23)21(27)26(25)18-5-3-2-4-6-18)13-24-14-22-10-15-7-16(11-22)9-17(8-15)12-22/h2-6,15-17,24H,7-14H2,1H3. The van der Waals surface area contributed by atoms with E-state index in [0.717, 1.165) is 42.2 Å². The Morgan fingerprint density at radius 3 is 2.26 bits per heavy atom. The lowest BCUT2D eigenvalue weighted by atomic mass is 9.49. The molecule has 1 aromatic heterocycles. The Morgan fingerprint density at radius 2 is 1.67 bits per heavy atom. The number of rotatable bonds is 5. The largest absolute Gasteiger partial charge is 0.311 e. The van der Waals surface area contributed by atoms with Gasteiger partial charge in [-0.1, -0.05) is 18.2 Å². The fourth-order valence-corrected chi connectivity index (χ4v) is 7.18. The van der Waals surface area contributed by atoms with Gasteiger partial charge in [0.2, 0.25) is 0 Å². The summed E-state index contributed by atoms with van der Waals surface area (Å²) in [6, 6.07) is 9.85. The van der Waals surface area contributed by atoms with Gasteiger partial charge in [0.15, 0.2) is 0 Å². The summed E-state index contributed by atoms with van der Waals surface area (Å²) >= 11 is 3.55. The number of halogens is 1. The topological polar surface area (TPSA) is 39.0 Å². The summed E-state index contributed by atoms with van der Waals surface area (Å²) in [5.74, 6) is 2.94. The number of hydrogen-bond donors (Lipinski definition) is 1. The van der Waals surface area contributed by atoms with E-state index in [9.17, 15) is 4.79 Å². The molecule has 1 N–H and O–H groups in total. The Morgan fingerprint density at radius 1 is 1.07 bits per heavy atom. The lowest BCUT2D eigenvalue weighted by Crippen LogP contribution is -2.50. The molecule has 0 atom stereocenters. The van der Waals surface area contributed by atoms with Crippen LogP contribution in [-0.4, -0.2) is 15.9 Å². The molecule has 144 valence electrons. The van der Waals surface area contributed by atoms with Gasteiger partial charge in [0.05, 0.1) is 11.4 Å². The molecule has 1 heterocycles. The van der Waals surface area contributed by atoms with E-state index in [0.29, 0.717) is 9.89 Å². The van der Waals surface area contributed by atoms with Crippen molar-refractivity contribution in [2.45, 2.75) is 45.1 Å². The summed E-state index contributed by atoms with van der Waals surface area (Å²) in [5.41, 5.74) is 2.45. The molecule has 0 amide bonds. The molecule has 0 unspecified atom stereocenters. The van der Waals surface area contributed by atoms with Gasteiger partial charge < -0.3 is 5.32 Å². The van der Waals surface area contributed by atoms with Crippen molar-refractivity contribution in [1.82, 2.24) is 14.7 Å². The molecule has 4 bridgehead atoms. The van der Waals surface area contributed by atoms with Gasteiger partial charge in [0, 0.05) is 20.1 Å². The van der Waals surface area contributed by atoms with Crippen molar-refractivity contribution in [3.05, 3.63) is 50.9 Å². The molecule has 2 aromatic rings. The fraction of sp³-hybridized carbons (Fsp3) is 0.591. The van der Waals surface area contributed by atoms with Crippen LogP contribution in [0.2, 0.25) is 0 Å². The highest BCUT2D eigenvalue weighted by atomic mass is 79.9. The average Bonchev–Trinajstić information content (AvgIpc) is 2.84. The minimum Gasteiger partial charge on any atom is -0.311 e. The molecule has 27 heavy (non-hydrogen) atoms. The van der Waals surface area contributed by atoms with Crippen LogP contribution in [0.1, 0.15) is 44.2 Å². The van der Waals surface area contributed by atoms with Gasteiger partial charge in [-0.15, -0.1) is 0 Å². The Balaban J connectivity index is 1.33. The lowest BCUT2D eigenvalue weighted by Gasteiger charge is -2.57. The van der Waals surface area contributed by atoms with E-state index in [1.54, 1.807) is 4.68 Å². The van der Waals surface area contributed by atoms with Gasteiger partial charge in [0.25, 0.3) is 5.56 Å². The first kappa shape index (κ1) is 17.7. The number of nitrogens with zero attached hydrogens (tertiary/aromatic N) is 2. The molecule has 4 nitrogen and oxygen atoms in total. The van der Waals surface area contributed by atoms with Crippen molar-refractivity contribution in [2.75, 3.05) is 6.54 Å². The van der Waals surface area contributed by atoms with E-state index in [2.05, 4.69) is 21.2 Å². The first-order chi connectivity index (χ1) is 13.0. The Kier molecular flexibility index (Phi) is 4.36. The molecule has 6 rings (SSSR count). The average molecular weight is 430 g/mol. The third-order valence-corrected chi connectivity index (χ3v) is 8.08. The fourth-order valence-electron chi connectivity index (χ4n) is 6.62. The van der Waals surface area contributed by atoms with Crippen molar-refractivity contribution in [3.63, 3.8) is 0 Å². The second kappa shape index (κ2) is 6.63. The van der Waals surface area contributed by atoms with Gasteiger partial charge in [-0.3, -0.25) is 9.48 Å². The van der Waals surface area contributed by atoms with Gasteiger partial charge in [-0.25, -0.2) is 4.68 Å². The van der Waals surface area contributed by atoms with Crippen LogP contribution in [0.15, 0.2) is 39.6 Å².